The third kappa shape index (κ3) is 24.6. The first-order chi connectivity index (χ1) is 65.7. The van der Waals surface area contributed by atoms with Crippen LogP contribution in [0.15, 0.2) is 220 Å². The molecule has 32 heteroatoms. The third-order valence-electron chi connectivity index (χ3n) is 22.5. The number of rotatable bonds is 33. The number of hydrogen-bond acceptors (Lipinski definition) is 28. The van der Waals surface area contributed by atoms with Crippen LogP contribution in [0.4, 0.5) is 45.5 Å². The van der Waals surface area contributed by atoms with E-state index in [1.54, 1.807) is 107 Å². The highest BCUT2D eigenvalue weighted by atomic mass is 16.5. The van der Waals surface area contributed by atoms with Gasteiger partial charge in [0.05, 0.1) is 191 Å². The Balaban J connectivity index is 0.000000146. The number of aryl methyl sites for hydroxylation is 3. The van der Waals surface area contributed by atoms with E-state index in [9.17, 15) is 9.90 Å². The molecule has 1 aliphatic rings. The van der Waals surface area contributed by atoms with Crippen molar-refractivity contribution in [2.45, 2.75) is 118 Å². The van der Waals surface area contributed by atoms with Crippen molar-refractivity contribution < 1.29 is 52.5 Å². The molecule has 17 rings (SSSR count). The predicted molar refractivity (Wildman–Crippen MR) is 534 cm³/mol. The molecule has 708 valence electrons. The fraction of sp³-hybridized carbons (Fsp3) is 0.337. The molecule has 136 heavy (non-hydrogen) atoms. The van der Waals surface area contributed by atoms with Crippen LogP contribution in [0.1, 0.15) is 101 Å². The van der Waals surface area contributed by atoms with E-state index in [1.807, 2.05) is 217 Å². The number of aliphatic hydroxyl groups excluding tert-OH is 1. The number of carbonyl (C=O) groups excluding carboxylic acids is 1. The Morgan fingerprint density at radius 3 is 1.21 bits per heavy atom. The summed E-state index contributed by atoms with van der Waals surface area (Å²) in [7, 11) is 17.1. The number of nitrogens with one attached hydrogen (secondary N) is 1. The second kappa shape index (κ2) is 44.8. The van der Waals surface area contributed by atoms with Gasteiger partial charge in [-0.25, -0.2) is 24.6 Å². The molecule has 2 N–H and O–H groups in total. The van der Waals surface area contributed by atoms with Gasteiger partial charge in [0, 0.05) is 207 Å². The van der Waals surface area contributed by atoms with E-state index in [1.165, 1.54) is 0 Å². The summed E-state index contributed by atoms with van der Waals surface area (Å²) < 4.78 is 57.8. The van der Waals surface area contributed by atoms with Gasteiger partial charge in [0.1, 0.15) is 57.8 Å². The maximum atomic E-state index is 12.8. The summed E-state index contributed by atoms with van der Waals surface area (Å²) in [5, 5.41) is 31.4. The van der Waals surface area contributed by atoms with E-state index in [4.69, 9.17) is 67.6 Å². The lowest BCUT2D eigenvalue weighted by Crippen LogP contribution is -2.38. The van der Waals surface area contributed by atoms with Crippen molar-refractivity contribution in [3.05, 3.63) is 220 Å². The second-order valence-electron chi connectivity index (χ2n) is 34.5. The van der Waals surface area contributed by atoms with Crippen LogP contribution in [-0.2, 0) is 30.7 Å². The largest absolute Gasteiger partial charge is 0.497 e. The summed E-state index contributed by atoms with van der Waals surface area (Å²) in [4.78, 5) is 59.1. The van der Waals surface area contributed by atoms with Crippen LogP contribution in [0.25, 0.3) is 89.2 Å². The molecule has 16 aromatic rings. The smallest absolute Gasteiger partial charge is 0.155 e. The SMILES string of the molecule is CCCN(c1cc(OC)cc(OC(C)(C)C)c1)c1ccc2ncc(-c3cnn(C4CCCCO4)c3)nc2c1.CCCN(c1ccc2ncc(-c3cnn(C)c3)nc2c1)c1cc(OC)ccc1OC.COc1cc(OC)cc(N(CC(=O)C(C)C)c2ccc3ncc(-c4cnn(C)c4)nc3c2)c1.COc1cc(OC)cc(N(CC(O)CNC(C)C)c2ccc3ncc(-c4cnn(C)c4)nc3c2)c1. The highest BCUT2D eigenvalue weighted by Crippen LogP contribution is 2.42. The molecule has 1 aliphatic heterocycles. The first-order valence-corrected chi connectivity index (χ1v) is 45.5. The van der Waals surface area contributed by atoms with Gasteiger partial charge >= 0.3 is 0 Å². The van der Waals surface area contributed by atoms with Gasteiger partial charge in [0.2, 0.25) is 0 Å². The second-order valence-corrected chi connectivity index (χ2v) is 34.5. The summed E-state index contributed by atoms with van der Waals surface area (Å²) in [6.45, 7) is 21.8. The van der Waals surface area contributed by atoms with Crippen LogP contribution in [0, 0.1) is 5.92 Å². The number of fused-ring (bicyclic) bond motifs is 4. The van der Waals surface area contributed by atoms with Crippen LogP contribution in [0.5, 0.6) is 46.0 Å². The lowest BCUT2D eigenvalue weighted by atomic mass is 10.1. The molecule has 0 aliphatic carbocycles. The Labute approximate surface area is 793 Å². The van der Waals surface area contributed by atoms with Gasteiger partial charge in [-0.1, -0.05) is 41.5 Å². The Bertz CT molecular complexity index is 6700. The van der Waals surface area contributed by atoms with Gasteiger partial charge in [0.15, 0.2) is 5.78 Å². The normalized spacial score (nSPS) is 12.7. The number of nitrogens with zero attached hydrogens (tertiary/aromatic N) is 20. The number of benzene rings is 8. The van der Waals surface area contributed by atoms with E-state index in [2.05, 4.69) is 108 Å². The molecule has 8 aromatic carbocycles. The van der Waals surface area contributed by atoms with E-state index < -0.39 is 6.10 Å². The molecule has 1 saturated heterocycles. The minimum absolute atomic E-state index is 0.00450. The van der Waals surface area contributed by atoms with E-state index in [0.29, 0.717) is 36.1 Å². The molecule has 0 amide bonds. The van der Waals surface area contributed by atoms with Crippen molar-refractivity contribution in [2.75, 3.05) is 109 Å². The van der Waals surface area contributed by atoms with Crippen molar-refractivity contribution >= 4 is 95.4 Å². The van der Waals surface area contributed by atoms with Gasteiger partial charge in [-0.3, -0.25) is 38.8 Å². The molecular formula is C104H121N21O11. The molecule has 0 spiro atoms. The summed E-state index contributed by atoms with van der Waals surface area (Å²) in [5.74, 6) is 5.74. The summed E-state index contributed by atoms with van der Waals surface area (Å²) >= 11 is 0. The van der Waals surface area contributed by atoms with Crippen molar-refractivity contribution in [3.63, 3.8) is 0 Å². The molecule has 8 aromatic heterocycles. The van der Waals surface area contributed by atoms with Crippen LogP contribution in [0.2, 0.25) is 0 Å². The Kier molecular flexibility index (Phi) is 32.0. The van der Waals surface area contributed by atoms with Crippen LogP contribution >= 0.6 is 0 Å². The van der Waals surface area contributed by atoms with Crippen molar-refractivity contribution in [1.29, 1.82) is 0 Å². The molecule has 32 nitrogen and oxygen atoms in total. The topological polar surface area (TPSA) is 320 Å². The maximum Gasteiger partial charge on any atom is 0.155 e. The molecule has 0 saturated carbocycles. The number of methoxy groups -OCH3 is 7. The van der Waals surface area contributed by atoms with Crippen LogP contribution in [-0.4, -0.2) is 197 Å². The van der Waals surface area contributed by atoms with Gasteiger partial charge in [-0.15, -0.1) is 0 Å². The molecule has 0 bridgehead atoms. The number of Topliss-reactive ketones (excluding diaryl/α,β-unsaturated/α-hetero) is 1. The average Bonchev–Trinajstić information content (AvgIpc) is 0.857. The number of ketones is 1. The van der Waals surface area contributed by atoms with Gasteiger partial charge in [-0.2, -0.15) is 20.4 Å². The van der Waals surface area contributed by atoms with E-state index >= 15 is 0 Å². The Morgan fingerprint density at radius 2 is 0.824 bits per heavy atom. The number of hydrogen-bond donors (Lipinski definition) is 2. The van der Waals surface area contributed by atoms with Crippen LogP contribution < -0.4 is 62.8 Å². The first-order valence-electron chi connectivity index (χ1n) is 45.5. The first kappa shape index (κ1) is 97.1. The fourth-order valence-corrected chi connectivity index (χ4v) is 15.5. The van der Waals surface area contributed by atoms with Crippen LogP contribution in [0.3, 0.4) is 0 Å². The number of anilines is 8. The Hall–Kier alpha value is -14.9. The zero-order chi connectivity index (χ0) is 96.3. The van der Waals surface area contributed by atoms with Crippen molar-refractivity contribution in [2.24, 2.45) is 27.1 Å². The molecule has 9 heterocycles. The summed E-state index contributed by atoms with van der Waals surface area (Å²) in [5.41, 5.74) is 20.1. The van der Waals surface area contributed by atoms with Gasteiger partial charge in [0.25, 0.3) is 0 Å². The molecule has 2 atom stereocenters. The van der Waals surface area contributed by atoms with Crippen molar-refractivity contribution in [3.8, 4) is 91.0 Å². The Morgan fingerprint density at radius 1 is 0.434 bits per heavy atom. The lowest BCUT2D eigenvalue weighted by Gasteiger charge is -2.29. The molecule has 1 fully saturated rings. The standard InChI is InChI=1S/C30H37N5O3.C26H32N6O3.C25H27N5O3.C23H25N5O2/c1-6-12-34(23-14-24(36-5)17-25(15-23)38-30(2,3)4)22-10-11-26-27(16-22)33-28(19-31-26)21-18-32-35(20-21)29-9-7-8-13-37-29;1-17(2)27-13-21(33)16-32(20-8-22(34-4)11-23(9-20)35-5)19-6-7-24-25(10-19)30-26(14-28-24)18-12-29-31(3)15-18;1-16(2)25(31)15-30(19-8-20(32-4)11-21(9-19)33-5)18-6-7-22-23(10-18)28-24(13-26-22)17-12-27-29(3)14-17;1-5-10-28(22-12-18(29-3)7-9-23(22)30-4)17-6-8-19-20(11-17)26-21(14-24-19)16-13-25-27(2)15-16/h10-11,14-20,29H,6-9,12-13H2,1-5H3;6-12,14-15,17,21,27,33H,13,16H2,1-5H3;6-14,16H,15H2,1-5H3;6-9,11-15H,5,10H2,1-4H3. The summed E-state index contributed by atoms with van der Waals surface area (Å²) in [6.07, 6.45) is 26.6. The summed E-state index contributed by atoms with van der Waals surface area (Å²) in [6, 6.07) is 47.4. The lowest BCUT2D eigenvalue weighted by molar-refractivity contribution is -0.120. The highest BCUT2D eigenvalue weighted by Gasteiger charge is 2.26. The number of aromatic nitrogens is 16. The van der Waals surface area contributed by atoms with Gasteiger partial charge in [-0.05, 0) is 138 Å². The minimum Gasteiger partial charge on any atom is -0.497 e. The van der Waals surface area contributed by atoms with Gasteiger partial charge < -0.3 is 72.7 Å². The van der Waals surface area contributed by atoms with E-state index in [-0.39, 0.29) is 36.1 Å². The third-order valence-corrected chi connectivity index (χ3v) is 22.5. The molecule has 0 radical (unpaired) electrons. The number of ether oxygens (including phenoxy) is 9. The predicted octanol–water partition coefficient (Wildman–Crippen LogP) is 19.5. The zero-order valence-electron chi connectivity index (χ0n) is 80.8. The fourth-order valence-electron chi connectivity index (χ4n) is 15.5. The molecular weight excluding hydrogens is 1720 g/mol. The molecule has 2 unspecified atom stereocenters. The van der Waals surface area contributed by atoms with Crippen molar-refractivity contribution in [1.82, 2.24) is 84.3 Å². The average molecular weight is 1840 g/mol. The quantitative estimate of drug-likeness (QED) is 0.0386. The number of carbonyl (C=O) groups is 1. The maximum absolute atomic E-state index is 12.8. The highest BCUT2D eigenvalue weighted by molar-refractivity contribution is 5.91. The zero-order valence-corrected chi connectivity index (χ0v) is 80.8. The minimum atomic E-state index is -0.613. The monoisotopic (exact) mass is 1840 g/mol. The number of aliphatic hydroxyl groups is 1. The van der Waals surface area contributed by atoms with E-state index in [0.717, 1.165) is 209 Å².